The highest BCUT2D eigenvalue weighted by Gasteiger charge is 2.25. The van der Waals surface area contributed by atoms with Crippen LogP contribution in [0.25, 0.3) is 0 Å². The lowest BCUT2D eigenvalue weighted by molar-refractivity contribution is -0.139. The number of hydrogen-bond donors (Lipinski definition) is 0. The smallest absolute Gasteiger partial charge is 0.347 e. The highest BCUT2D eigenvalue weighted by atomic mass is 19.1. The van der Waals surface area contributed by atoms with Crippen molar-refractivity contribution >= 4 is 5.91 Å². The van der Waals surface area contributed by atoms with Gasteiger partial charge in [0, 0.05) is 18.9 Å². The zero-order chi connectivity index (χ0) is 16.2. The van der Waals surface area contributed by atoms with Gasteiger partial charge in [0.05, 0.1) is 13.2 Å². The molecule has 1 amide bonds. The lowest BCUT2D eigenvalue weighted by atomic mass is 10.1. The predicted molar refractivity (Wildman–Crippen MR) is 80.2 cm³/mol. The fourth-order valence-electron chi connectivity index (χ4n) is 2.51. The van der Waals surface area contributed by atoms with Crippen molar-refractivity contribution in [2.24, 2.45) is 0 Å². The molecule has 1 fully saturated rings. The van der Waals surface area contributed by atoms with Gasteiger partial charge < -0.3 is 9.64 Å². The van der Waals surface area contributed by atoms with E-state index in [0.29, 0.717) is 19.7 Å². The highest BCUT2D eigenvalue weighted by Crippen LogP contribution is 2.22. The number of carbonyl (C=O) groups excluding carboxylic acids is 1. The minimum atomic E-state index is -0.454. The van der Waals surface area contributed by atoms with Crippen molar-refractivity contribution in [2.45, 2.75) is 12.6 Å². The summed E-state index contributed by atoms with van der Waals surface area (Å²) in [6.07, 6.45) is 2.63. The molecule has 1 aromatic carbocycles. The van der Waals surface area contributed by atoms with Crippen LogP contribution in [0.3, 0.4) is 0 Å². The second-order valence-corrected chi connectivity index (χ2v) is 5.28. The Morgan fingerprint density at radius 1 is 1.35 bits per heavy atom. The molecule has 0 N–H and O–H groups in total. The standard InChI is InChI=1S/C16H16FN3O3/c17-13-4-2-12(3-5-13)14-10-19(8-9-23-14)15(21)11-20-7-1-6-18-16(20)22/h1-7,14H,8-11H2/t14-/m0/s1. The summed E-state index contributed by atoms with van der Waals surface area (Å²) in [5.41, 5.74) is 0.367. The van der Waals surface area contributed by atoms with Crippen molar-refractivity contribution in [1.29, 1.82) is 0 Å². The molecule has 0 unspecified atom stereocenters. The largest absolute Gasteiger partial charge is 0.370 e. The fraction of sp³-hybridized carbons (Fsp3) is 0.312. The monoisotopic (exact) mass is 317 g/mol. The van der Waals surface area contributed by atoms with Gasteiger partial charge in [-0.3, -0.25) is 9.36 Å². The summed E-state index contributed by atoms with van der Waals surface area (Å²) < 4.78 is 19.9. The first-order valence-electron chi connectivity index (χ1n) is 7.30. The van der Waals surface area contributed by atoms with E-state index in [2.05, 4.69) is 4.98 Å². The number of carbonyl (C=O) groups is 1. The van der Waals surface area contributed by atoms with Gasteiger partial charge in [0.25, 0.3) is 0 Å². The van der Waals surface area contributed by atoms with Crippen LogP contribution in [0.1, 0.15) is 11.7 Å². The Balaban J connectivity index is 1.68. The first-order valence-corrected chi connectivity index (χ1v) is 7.30. The van der Waals surface area contributed by atoms with E-state index in [-0.39, 0.29) is 24.4 Å². The Labute approximate surface area is 132 Å². The first-order chi connectivity index (χ1) is 11.1. The molecule has 7 heteroatoms. The van der Waals surface area contributed by atoms with Crippen LogP contribution >= 0.6 is 0 Å². The average molecular weight is 317 g/mol. The van der Waals surface area contributed by atoms with E-state index >= 15 is 0 Å². The van der Waals surface area contributed by atoms with E-state index < -0.39 is 5.69 Å². The van der Waals surface area contributed by atoms with Gasteiger partial charge in [-0.1, -0.05) is 12.1 Å². The van der Waals surface area contributed by atoms with E-state index in [9.17, 15) is 14.0 Å². The molecule has 0 spiro atoms. The third-order valence-electron chi connectivity index (χ3n) is 3.75. The maximum Gasteiger partial charge on any atom is 0.347 e. The zero-order valence-corrected chi connectivity index (χ0v) is 12.4. The predicted octanol–water partition coefficient (Wildman–Crippen LogP) is 0.983. The van der Waals surface area contributed by atoms with Crippen LogP contribution in [0.4, 0.5) is 4.39 Å². The molecule has 0 saturated carbocycles. The van der Waals surface area contributed by atoms with Crippen molar-refractivity contribution in [3.63, 3.8) is 0 Å². The minimum Gasteiger partial charge on any atom is -0.370 e. The molecule has 0 bridgehead atoms. The first kappa shape index (κ1) is 15.4. The molecule has 1 aliphatic rings. The molecule has 1 atom stereocenters. The quantitative estimate of drug-likeness (QED) is 0.846. The molecule has 3 rings (SSSR count). The molecule has 1 aromatic heterocycles. The third kappa shape index (κ3) is 3.62. The van der Waals surface area contributed by atoms with Crippen LogP contribution in [-0.2, 0) is 16.1 Å². The maximum absolute atomic E-state index is 13.0. The number of ether oxygens (including phenoxy) is 1. The molecule has 2 aromatic rings. The average Bonchev–Trinajstić information content (AvgIpc) is 2.58. The van der Waals surface area contributed by atoms with Gasteiger partial charge in [-0.25, -0.2) is 14.2 Å². The maximum atomic E-state index is 13.0. The number of nitrogens with zero attached hydrogens (tertiary/aromatic N) is 3. The minimum absolute atomic E-state index is 0.0528. The Bertz CT molecular complexity index is 745. The van der Waals surface area contributed by atoms with E-state index in [4.69, 9.17) is 4.74 Å². The molecule has 0 radical (unpaired) electrons. The van der Waals surface area contributed by atoms with Gasteiger partial charge in [0.2, 0.25) is 5.91 Å². The van der Waals surface area contributed by atoms with Gasteiger partial charge in [-0.15, -0.1) is 0 Å². The van der Waals surface area contributed by atoms with Crippen LogP contribution in [0.5, 0.6) is 0 Å². The van der Waals surface area contributed by atoms with E-state index in [0.717, 1.165) is 5.56 Å². The summed E-state index contributed by atoms with van der Waals surface area (Å²) in [4.78, 5) is 29.2. The van der Waals surface area contributed by atoms with Crippen molar-refractivity contribution in [3.8, 4) is 0 Å². The van der Waals surface area contributed by atoms with Crippen LogP contribution < -0.4 is 5.69 Å². The van der Waals surface area contributed by atoms with Crippen LogP contribution in [0.15, 0.2) is 47.5 Å². The fourth-order valence-corrected chi connectivity index (χ4v) is 2.51. The van der Waals surface area contributed by atoms with Crippen LogP contribution in [0.2, 0.25) is 0 Å². The van der Waals surface area contributed by atoms with E-state index in [1.807, 2.05) is 0 Å². The summed E-state index contributed by atoms with van der Waals surface area (Å²) in [6.45, 7) is 1.18. The van der Waals surface area contributed by atoms with Crippen molar-refractivity contribution in [2.75, 3.05) is 19.7 Å². The highest BCUT2D eigenvalue weighted by molar-refractivity contribution is 5.76. The Morgan fingerprint density at radius 3 is 2.87 bits per heavy atom. The van der Waals surface area contributed by atoms with Gasteiger partial charge in [-0.2, -0.15) is 0 Å². The number of aromatic nitrogens is 2. The number of morpholine rings is 1. The summed E-state index contributed by atoms with van der Waals surface area (Å²) in [6, 6.07) is 7.65. The molecule has 23 heavy (non-hydrogen) atoms. The van der Waals surface area contributed by atoms with E-state index in [1.165, 1.54) is 29.1 Å². The SMILES string of the molecule is O=C(Cn1cccnc1=O)N1CCO[C@H](c2ccc(F)cc2)C1. The van der Waals surface area contributed by atoms with Crippen LogP contribution in [-0.4, -0.2) is 40.1 Å². The number of rotatable bonds is 3. The van der Waals surface area contributed by atoms with Gasteiger partial charge in [-0.05, 0) is 23.8 Å². The number of hydrogen-bond acceptors (Lipinski definition) is 4. The second kappa shape index (κ2) is 6.70. The molecular formula is C16H16FN3O3. The Kier molecular flexibility index (Phi) is 4.47. The van der Waals surface area contributed by atoms with Gasteiger partial charge in [0.1, 0.15) is 18.5 Å². The van der Waals surface area contributed by atoms with Gasteiger partial charge >= 0.3 is 5.69 Å². The van der Waals surface area contributed by atoms with Crippen molar-refractivity contribution in [1.82, 2.24) is 14.5 Å². The van der Waals surface area contributed by atoms with E-state index in [1.54, 1.807) is 23.1 Å². The summed E-state index contributed by atoms with van der Waals surface area (Å²) in [5.74, 6) is -0.482. The number of halogens is 1. The molecule has 1 saturated heterocycles. The summed E-state index contributed by atoms with van der Waals surface area (Å²) in [7, 11) is 0. The molecular weight excluding hydrogens is 301 g/mol. The Hall–Kier alpha value is -2.54. The summed E-state index contributed by atoms with van der Waals surface area (Å²) in [5, 5.41) is 0. The molecule has 1 aliphatic heterocycles. The van der Waals surface area contributed by atoms with Crippen molar-refractivity contribution in [3.05, 3.63) is 64.6 Å². The molecule has 6 nitrogen and oxygen atoms in total. The molecule has 2 heterocycles. The number of amides is 1. The lowest BCUT2D eigenvalue weighted by Gasteiger charge is -2.33. The third-order valence-corrected chi connectivity index (χ3v) is 3.75. The zero-order valence-electron chi connectivity index (χ0n) is 12.4. The topological polar surface area (TPSA) is 64.4 Å². The number of benzene rings is 1. The Morgan fingerprint density at radius 2 is 2.13 bits per heavy atom. The lowest BCUT2D eigenvalue weighted by Crippen LogP contribution is -2.44. The molecule has 0 aliphatic carbocycles. The van der Waals surface area contributed by atoms with Gasteiger partial charge in [0.15, 0.2) is 0 Å². The van der Waals surface area contributed by atoms with Crippen LogP contribution in [0, 0.1) is 5.82 Å². The normalized spacial score (nSPS) is 18.0. The van der Waals surface area contributed by atoms with Crippen molar-refractivity contribution < 1.29 is 13.9 Å². The summed E-state index contributed by atoms with van der Waals surface area (Å²) >= 11 is 0. The second-order valence-electron chi connectivity index (χ2n) is 5.28. The molecule has 120 valence electrons.